The summed E-state index contributed by atoms with van der Waals surface area (Å²) in [7, 11) is 0. The number of carbonyl (C=O) groups is 1. The zero-order chi connectivity index (χ0) is 10.9. The van der Waals surface area contributed by atoms with Gasteiger partial charge in [0.05, 0.1) is 5.92 Å². The van der Waals surface area contributed by atoms with Crippen molar-refractivity contribution < 1.29 is 9.90 Å². The van der Waals surface area contributed by atoms with Crippen LogP contribution in [0.5, 0.6) is 0 Å². The molecule has 1 aromatic rings. The van der Waals surface area contributed by atoms with Gasteiger partial charge < -0.3 is 5.11 Å². The van der Waals surface area contributed by atoms with Crippen molar-refractivity contribution in [2.24, 2.45) is 0 Å². The van der Waals surface area contributed by atoms with Gasteiger partial charge in [0.1, 0.15) is 0 Å². The summed E-state index contributed by atoms with van der Waals surface area (Å²) in [6.07, 6.45) is 0. The van der Waals surface area contributed by atoms with Crippen LogP contribution in [-0.4, -0.2) is 11.1 Å². The second-order valence-electron chi connectivity index (χ2n) is 3.16. The SMILES string of the molecule is Cc1c(Cl)cc(Br)cc1C(C)C(=O)O. The van der Waals surface area contributed by atoms with Crippen LogP contribution in [0.2, 0.25) is 5.02 Å². The second kappa shape index (κ2) is 4.32. The predicted octanol–water partition coefficient (Wildman–Crippen LogP) is 3.60. The molecule has 0 fully saturated rings. The summed E-state index contributed by atoms with van der Waals surface area (Å²) < 4.78 is 0.802. The van der Waals surface area contributed by atoms with Crippen molar-refractivity contribution in [1.82, 2.24) is 0 Å². The molecule has 1 unspecified atom stereocenters. The molecule has 0 bridgehead atoms. The highest BCUT2D eigenvalue weighted by Crippen LogP contribution is 2.29. The van der Waals surface area contributed by atoms with Crippen molar-refractivity contribution in [3.8, 4) is 0 Å². The van der Waals surface area contributed by atoms with Crippen LogP contribution in [0, 0.1) is 6.92 Å². The smallest absolute Gasteiger partial charge is 0.310 e. The third kappa shape index (κ3) is 2.28. The Morgan fingerprint density at radius 2 is 2.14 bits per heavy atom. The first-order valence-corrected chi connectivity index (χ1v) is 5.29. The summed E-state index contributed by atoms with van der Waals surface area (Å²) in [6.45, 7) is 3.47. The van der Waals surface area contributed by atoms with Crippen molar-refractivity contribution in [1.29, 1.82) is 0 Å². The molecule has 0 heterocycles. The number of aliphatic carboxylic acids is 1. The van der Waals surface area contributed by atoms with Crippen LogP contribution < -0.4 is 0 Å². The normalized spacial score (nSPS) is 12.6. The fraction of sp³-hybridized carbons (Fsp3) is 0.300. The Balaban J connectivity index is 3.26. The summed E-state index contributed by atoms with van der Waals surface area (Å²) in [5.74, 6) is -1.38. The average molecular weight is 278 g/mol. The zero-order valence-corrected chi connectivity index (χ0v) is 10.2. The summed E-state index contributed by atoms with van der Waals surface area (Å²) in [4.78, 5) is 10.8. The van der Waals surface area contributed by atoms with Crippen LogP contribution in [0.15, 0.2) is 16.6 Å². The highest BCUT2D eigenvalue weighted by atomic mass is 79.9. The van der Waals surface area contributed by atoms with Gasteiger partial charge in [0, 0.05) is 9.50 Å². The summed E-state index contributed by atoms with van der Waals surface area (Å²) >= 11 is 9.23. The maximum atomic E-state index is 10.8. The van der Waals surface area contributed by atoms with Gasteiger partial charge in [-0.3, -0.25) is 4.79 Å². The van der Waals surface area contributed by atoms with E-state index in [4.69, 9.17) is 16.7 Å². The van der Waals surface area contributed by atoms with E-state index in [9.17, 15) is 4.79 Å². The monoisotopic (exact) mass is 276 g/mol. The first kappa shape index (κ1) is 11.5. The Labute approximate surface area is 96.0 Å². The first-order chi connectivity index (χ1) is 6.43. The molecule has 1 rings (SSSR count). The molecule has 0 aliphatic carbocycles. The molecule has 0 radical (unpaired) electrons. The largest absolute Gasteiger partial charge is 0.481 e. The molecular formula is C10H10BrClO2. The minimum absolute atomic E-state index is 0.537. The number of carboxylic acid groups (broad SMARTS) is 1. The van der Waals surface area contributed by atoms with E-state index in [1.54, 1.807) is 19.1 Å². The molecule has 1 N–H and O–H groups in total. The minimum atomic E-state index is -0.845. The van der Waals surface area contributed by atoms with Crippen molar-refractivity contribution >= 4 is 33.5 Å². The lowest BCUT2D eigenvalue weighted by atomic mass is 9.97. The van der Waals surface area contributed by atoms with Crippen LogP contribution in [0.25, 0.3) is 0 Å². The van der Waals surface area contributed by atoms with E-state index in [1.807, 2.05) is 6.92 Å². The van der Waals surface area contributed by atoms with E-state index >= 15 is 0 Å². The van der Waals surface area contributed by atoms with E-state index in [2.05, 4.69) is 15.9 Å². The lowest BCUT2D eigenvalue weighted by Gasteiger charge is -2.12. The Morgan fingerprint density at radius 1 is 1.57 bits per heavy atom. The van der Waals surface area contributed by atoms with Gasteiger partial charge in [-0.1, -0.05) is 27.5 Å². The molecule has 14 heavy (non-hydrogen) atoms. The zero-order valence-electron chi connectivity index (χ0n) is 7.84. The van der Waals surface area contributed by atoms with E-state index in [1.165, 1.54) is 0 Å². The fourth-order valence-corrected chi connectivity index (χ4v) is 2.08. The third-order valence-electron chi connectivity index (χ3n) is 2.19. The number of rotatable bonds is 2. The molecular weight excluding hydrogens is 267 g/mol. The Morgan fingerprint density at radius 3 is 2.64 bits per heavy atom. The Hall–Kier alpha value is -0.540. The maximum Gasteiger partial charge on any atom is 0.310 e. The van der Waals surface area contributed by atoms with Gasteiger partial charge in [-0.25, -0.2) is 0 Å². The van der Waals surface area contributed by atoms with Gasteiger partial charge in [0.15, 0.2) is 0 Å². The molecule has 0 spiro atoms. The third-order valence-corrected chi connectivity index (χ3v) is 3.04. The fourth-order valence-electron chi connectivity index (χ4n) is 1.25. The summed E-state index contributed by atoms with van der Waals surface area (Å²) in [6, 6.07) is 3.55. The van der Waals surface area contributed by atoms with Crippen molar-refractivity contribution in [3.05, 3.63) is 32.8 Å². The lowest BCUT2D eigenvalue weighted by molar-refractivity contribution is -0.138. The highest BCUT2D eigenvalue weighted by molar-refractivity contribution is 9.10. The number of benzene rings is 1. The van der Waals surface area contributed by atoms with Gasteiger partial charge in [0.2, 0.25) is 0 Å². The molecule has 4 heteroatoms. The molecule has 0 aliphatic rings. The van der Waals surface area contributed by atoms with Crippen LogP contribution >= 0.6 is 27.5 Å². The minimum Gasteiger partial charge on any atom is -0.481 e. The summed E-state index contributed by atoms with van der Waals surface area (Å²) in [5, 5.41) is 9.47. The van der Waals surface area contributed by atoms with Crippen molar-refractivity contribution in [3.63, 3.8) is 0 Å². The van der Waals surface area contributed by atoms with Gasteiger partial charge in [-0.05, 0) is 37.1 Å². The van der Waals surface area contributed by atoms with Gasteiger partial charge >= 0.3 is 5.97 Å². The lowest BCUT2D eigenvalue weighted by Crippen LogP contribution is -2.09. The molecule has 1 atom stereocenters. The molecule has 1 aromatic carbocycles. The van der Waals surface area contributed by atoms with Crippen LogP contribution in [0.3, 0.4) is 0 Å². The highest BCUT2D eigenvalue weighted by Gasteiger charge is 2.17. The predicted molar refractivity (Wildman–Crippen MR) is 59.9 cm³/mol. The number of hydrogen-bond donors (Lipinski definition) is 1. The summed E-state index contributed by atoms with van der Waals surface area (Å²) in [5.41, 5.74) is 1.57. The molecule has 0 saturated heterocycles. The topological polar surface area (TPSA) is 37.3 Å². The van der Waals surface area contributed by atoms with Crippen LogP contribution in [-0.2, 0) is 4.79 Å². The van der Waals surface area contributed by atoms with Crippen LogP contribution in [0.1, 0.15) is 24.0 Å². The molecule has 0 aliphatic heterocycles. The average Bonchev–Trinajstić information content (AvgIpc) is 2.09. The number of carboxylic acids is 1. The van der Waals surface area contributed by atoms with Gasteiger partial charge in [0.25, 0.3) is 0 Å². The first-order valence-electron chi connectivity index (χ1n) is 4.12. The number of hydrogen-bond acceptors (Lipinski definition) is 1. The van der Waals surface area contributed by atoms with E-state index in [0.717, 1.165) is 15.6 Å². The van der Waals surface area contributed by atoms with Gasteiger partial charge in [-0.15, -0.1) is 0 Å². The molecule has 0 saturated carbocycles. The van der Waals surface area contributed by atoms with Crippen molar-refractivity contribution in [2.45, 2.75) is 19.8 Å². The van der Waals surface area contributed by atoms with E-state index in [0.29, 0.717) is 5.02 Å². The standard InChI is InChI=1S/C10H10BrClO2/c1-5-8(6(2)10(13)14)3-7(11)4-9(5)12/h3-4,6H,1-2H3,(H,13,14). The molecule has 2 nitrogen and oxygen atoms in total. The maximum absolute atomic E-state index is 10.8. The van der Waals surface area contributed by atoms with E-state index < -0.39 is 11.9 Å². The Bertz CT molecular complexity index is 377. The van der Waals surface area contributed by atoms with Gasteiger partial charge in [-0.2, -0.15) is 0 Å². The Kier molecular flexibility index (Phi) is 3.56. The van der Waals surface area contributed by atoms with Crippen LogP contribution in [0.4, 0.5) is 0 Å². The van der Waals surface area contributed by atoms with E-state index in [-0.39, 0.29) is 0 Å². The molecule has 0 aromatic heterocycles. The van der Waals surface area contributed by atoms with Crippen molar-refractivity contribution in [2.75, 3.05) is 0 Å². The second-order valence-corrected chi connectivity index (χ2v) is 4.48. The molecule has 76 valence electrons. The molecule has 0 amide bonds. The quantitative estimate of drug-likeness (QED) is 0.897. The number of halogens is 2.